The monoisotopic (exact) mass is 419 g/mol. The van der Waals surface area contributed by atoms with Gasteiger partial charge < -0.3 is 4.90 Å². The second kappa shape index (κ2) is 9.47. The molecule has 0 bridgehead atoms. The number of nitrogens with zero attached hydrogens (tertiary/aromatic N) is 3. The second-order valence-corrected chi connectivity index (χ2v) is 8.97. The van der Waals surface area contributed by atoms with E-state index in [2.05, 4.69) is 0 Å². The molecule has 0 spiro atoms. The van der Waals surface area contributed by atoms with Crippen LogP contribution in [0.5, 0.6) is 0 Å². The molecule has 3 rings (SSSR count). The number of sulfonamides is 1. The van der Waals surface area contributed by atoms with Crippen LogP contribution in [0, 0.1) is 5.82 Å². The van der Waals surface area contributed by atoms with Crippen molar-refractivity contribution in [1.29, 1.82) is 0 Å². The van der Waals surface area contributed by atoms with E-state index in [0.29, 0.717) is 39.3 Å². The average molecular weight is 420 g/mol. The van der Waals surface area contributed by atoms with Crippen LogP contribution >= 0.6 is 0 Å². The minimum Gasteiger partial charge on any atom is -0.338 e. The fraction of sp³-hybridized carbons (Fsp3) is 0.381. The van der Waals surface area contributed by atoms with Gasteiger partial charge in [0.2, 0.25) is 15.9 Å². The molecular weight excluding hydrogens is 393 g/mol. The highest BCUT2D eigenvalue weighted by Gasteiger charge is 2.29. The molecule has 0 aliphatic carbocycles. The molecule has 0 N–H and O–H groups in total. The third-order valence-corrected chi connectivity index (χ3v) is 7.01. The summed E-state index contributed by atoms with van der Waals surface area (Å²) in [6.45, 7) is 4.97. The first kappa shape index (κ1) is 21.4. The van der Waals surface area contributed by atoms with Crippen LogP contribution < -0.4 is 0 Å². The van der Waals surface area contributed by atoms with Crippen LogP contribution in [0.15, 0.2) is 59.5 Å². The van der Waals surface area contributed by atoms with E-state index in [1.54, 1.807) is 4.90 Å². The quantitative estimate of drug-likeness (QED) is 0.690. The number of amides is 1. The zero-order chi connectivity index (χ0) is 20.9. The van der Waals surface area contributed by atoms with Crippen molar-refractivity contribution < 1.29 is 17.6 Å². The van der Waals surface area contributed by atoms with Crippen molar-refractivity contribution in [3.8, 4) is 0 Å². The second-order valence-electron chi connectivity index (χ2n) is 7.03. The van der Waals surface area contributed by atoms with Gasteiger partial charge in [-0.15, -0.1) is 0 Å². The van der Waals surface area contributed by atoms with E-state index in [4.69, 9.17) is 0 Å². The summed E-state index contributed by atoms with van der Waals surface area (Å²) in [5.74, 6) is -0.436. The van der Waals surface area contributed by atoms with E-state index in [9.17, 15) is 17.6 Å². The van der Waals surface area contributed by atoms with Crippen molar-refractivity contribution in [1.82, 2.24) is 14.1 Å². The average Bonchev–Trinajstić information content (AvgIpc) is 2.73. The van der Waals surface area contributed by atoms with Gasteiger partial charge in [0.1, 0.15) is 5.82 Å². The van der Waals surface area contributed by atoms with Gasteiger partial charge in [0.15, 0.2) is 0 Å². The topological polar surface area (TPSA) is 60.9 Å². The molecule has 1 amide bonds. The standard InChI is InChI=1S/C21H26FN3O3S/c1-2-24(16-18-6-4-3-5-7-18)21(26)17-23-12-14-25(15-13-23)29(27,28)20-10-8-19(22)9-11-20/h3-11H,2,12-17H2,1H3. The summed E-state index contributed by atoms with van der Waals surface area (Å²) in [4.78, 5) is 16.6. The maximum Gasteiger partial charge on any atom is 0.243 e. The normalized spacial score (nSPS) is 15.9. The first-order chi connectivity index (χ1) is 13.9. The zero-order valence-electron chi connectivity index (χ0n) is 16.5. The lowest BCUT2D eigenvalue weighted by molar-refractivity contribution is -0.133. The van der Waals surface area contributed by atoms with Crippen molar-refractivity contribution in [2.24, 2.45) is 0 Å². The van der Waals surface area contributed by atoms with Crippen molar-refractivity contribution in [2.75, 3.05) is 39.3 Å². The zero-order valence-corrected chi connectivity index (χ0v) is 17.3. The molecule has 1 fully saturated rings. The SMILES string of the molecule is CCN(Cc1ccccc1)C(=O)CN1CCN(S(=O)(=O)c2ccc(F)cc2)CC1. The fourth-order valence-corrected chi connectivity index (χ4v) is 4.78. The summed E-state index contributed by atoms with van der Waals surface area (Å²) in [5.41, 5.74) is 1.08. The van der Waals surface area contributed by atoms with Gasteiger partial charge in [-0.1, -0.05) is 30.3 Å². The molecule has 0 atom stereocenters. The first-order valence-corrected chi connectivity index (χ1v) is 11.1. The van der Waals surface area contributed by atoms with Gasteiger partial charge in [0, 0.05) is 39.3 Å². The van der Waals surface area contributed by atoms with Crippen LogP contribution in [-0.4, -0.2) is 67.7 Å². The number of hydrogen-bond donors (Lipinski definition) is 0. The van der Waals surface area contributed by atoms with Crippen molar-refractivity contribution in [3.05, 3.63) is 66.0 Å². The minimum absolute atomic E-state index is 0.0335. The third-order valence-electron chi connectivity index (χ3n) is 5.09. The van der Waals surface area contributed by atoms with Crippen LogP contribution in [0.3, 0.4) is 0 Å². The number of benzene rings is 2. The molecule has 156 valence electrons. The molecule has 0 radical (unpaired) electrons. The molecule has 1 heterocycles. The molecule has 1 saturated heterocycles. The molecular formula is C21H26FN3O3S. The molecule has 0 saturated carbocycles. The molecule has 0 aromatic heterocycles. The number of halogens is 1. The van der Waals surface area contributed by atoms with Crippen molar-refractivity contribution in [3.63, 3.8) is 0 Å². The lowest BCUT2D eigenvalue weighted by atomic mass is 10.2. The smallest absolute Gasteiger partial charge is 0.243 e. The Bertz CT molecular complexity index is 912. The number of carbonyl (C=O) groups is 1. The predicted octanol–water partition coefficient (Wildman–Crippen LogP) is 2.18. The molecule has 1 aliphatic rings. The summed E-state index contributed by atoms with van der Waals surface area (Å²) >= 11 is 0. The van der Waals surface area contributed by atoms with E-state index in [0.717, 1.165) is 17.7 Å². The number of carbonyl (C=O) groups excluding carboxylic acids is 1. The molecule has 1 aliphatic heterocycles. The number of piperazine rings is 1. The predicted molar refractivity (Wildman–Crippen MR) is 109 cm³/mol. The Kier molecular flexibility index (Phi) is 7.00. The van der Waals surface area contributed by atoms with E-state index < -0.39 is 15.8 Å². The van der Waals surface area contributed by atoms with Gasteiger partial charge in [0.05, 0.1) is 11.4 Å². The molecule has 0 unspecified atom stereocenters. The van der Waals surface area contributed by atoms with Gasteiger partial charge in [-0.25, -0.2) is 12.8 Å². The molecule has 29 heavy (non-hydrogen) atoms. The van der Waals surface area contributed by atoms with Crippen LogP contribution in [-0.2, 0) is 21.4 Å². The number of likely N-dealkylation sites (N-methyl/N-ethyl adjacent to an activating group) is 1. The van der Waals surface area contributed by atoms with Gasteiger partial charge >= 0.3 is 0 Å². The maximum absolute atomic E-state index is 13.1. The summed E-state index contributed by atoms with van der Waals surface area (Å²) in [6.07, 6.45) is 0. The van der Waals surface area contributed by atoms with E-state index in [1.165, 1.54) is 16.4 Å². The van der Waals surface area contributed by atoms with Crippen molar-refractivity contribution >= 4 is 15.9 Å². The van der Waals surface area contributed by atoms with E-state index in [1.807, 2.05) is 42.2 Å². The van der Waals surface area contributed by atoms with Crippen molar-refractivity contribution in [2.45, 2.75) is 18.4 Å². The molecule has 2 aromatic rings. The molecule has 2 aromatic carbocycles. The minimum atomic E-state index is -3.65. The highest BCUT2D eigenvalue weighted by Crippen LogP contribution is 2.18. The lowest BCUT2D eigenvalue weighted by Gasteiger charge is -2.34. The highest BCUT2D eigenvalue weighted by atomic mass is 32.2. The largest absolute Gasteiger partial charge is 0.338 e. The van der Waals surface area contributed by atoms with Crippen LogP contribution in [0.1, 0.15) is 12.5 Å². The number of hydrogen-bond acceptors (Lipinski definition) is 4. The Morgan fingerprint density at radius 1 is 1.00 bits per heavy atom. The number of rotatable bonds is 7. The van der Waals surface area contributed by atoms with Gasteiger partial charge in [-0.3, -0.25) is 9.69 Å². The fourth-order valence-electron chi connectivity index (χ4n) is 3.36. The Hall–Kier alpha value is -2.29. The third kappa shape index (κ3) is 5.41. The van der Waals surface area contributed by atoms with Gasteiger partial charge in [-0.2, -0.15) is 4.31 Å². The first-order valence-electron chi connectivity index (χ1n) is 9.70. The Balaban J connectivity index is 1.54. The van der Waals surface area contributed by atoms with Crippen LogP contribution in [0.2, 0.25) is 0 Å². The maximum atomic E-state index is 13.1. The van der Waals surface area contributed by atoms with Crippen LogP contribution in [0.4, 0.5) is 4.39 Å². The van der Waals surface area contributed by atoms with Gasteiger partial charge in [0.25, 0.3) is 0 Å². The Morgan fingerprint density at radius 3 is 2.21 bits per heavy atom. The Labute approximate surface area is 171 Å². The molecule has 8 heteroatoms. The Morgan fingerprint density at radius 2 is 1.62 bits per heavy atom. The lowest BCUT2D eigenvalue weighted by Crippen LogP contribution is -2.51. The van der Waals surface area contributed by atoms with E-state index >= 15 is 0 Å². The van der Waals surface area contributed by atoms with Crippen LogP contribution in [0.25, 0.3) is 0 Å². The summed E-state index contributed by atoms with van der Waals surface area (Å²) < 4.78 is 39.9. The van der Waals surface area contributed by atoms with E-state index in [-0.39, 0.29) is 17.3 Å². The summed E-state index contributed by atoms with van der Waals surface area (Å²) in [6, 6.07) is 14.7. The highest BCUT2D eigenvalue weighted by molar-refractivity contribution is 7.89. The summed E-state index contributed by atoms with van der Waals surface area (Å²) in [5, 5.41) is 0. The molecule has 6 nitrogen and oxygen atoms in total. The summed E-state index contributed by atoms with van der Waals surface area (Å²) in [7, 11) is -3.65. The van der Waals surface area contributed by atoms with Gasteiger partial charge in [-0.05, 0) is 36.8 Å².